The van der Waals surface area contributed by atoms with E-state index < -0.39 is 29.4 Å². The van der Waals surface area contributed by atoms with Crippen molar-refractivity contribution in [3.8, 4) is 0 Å². The van der Waals surface area contributed by atoms with Crippen molar-refractivity contribution in [3.05, 3.63) is 24.4 Å². The maximum Gasteiger partial charge on any atom is 0.326 e. The first-order valence-corrected chi connectivity index (χ1v) is 6.68. The molecule has 0 bridgehead atoms. The zero-order valence-electron chi connectivity index (χ0n) is 11.9. The van der Waals surface area contributed by atoms with Crippen LogP contribution in [-0.2, 0) is 14.4 Å². The normalized spacial score (nSPS) is 25.1. The molecule has 2 unspecified atom stereocenters. The van der Waals surface area contributed by atoms with Crippen LogP contribution < -0.4 is 5.32 Å². The van der Waals surface area contributed by atoms with Gasteiger partial charge in [-0.15, -0.1) is 0 Å². The van der Waals surface area contributed by atoms with E-state index in [0.717, 1.165) is 0 Å². The standard InChI is InChI=1S/C14H17N3O4/c1-3-9(12(19)20)15-13(21)14(2)8-11(18)16-10-6-4-5-7-17(10)14/h4-7,9H,3,8H2,1-2H3,(H,15,21)(H,19,20). The summed E-state index contributed by atoms with van der Waals surface area (Å²) in [6.45, 7) is 3.27. The second kappa shape index (κ2) is 5.51. The summed E-state index contributed by atoms with van der Waals surface area (Å²) in [6.07, 6.45) is 6.91. The fraction of sp³-hybridized carbons (Fsp3) is 0.429. The van der Waals surface area contributed by atoms with Crippen LogP contribution in [0.25, 0.3) is 0 Å². The molecule has 2 aliphatic heterocycles. The molecule has 21 heavy (non-hydrogen) atoms. The number of carboxylic acids is 1. The van der Waals surface area contributed by atoms with Gasteiger partial charge in [0, 0.05) is 6.20 Å². The molecule has 0 spiro atoms. The molecule has 7 heteroatoms. The number of carbonyl (C=O) groups excluding carboxylic acids is 2. The molecule has 2 atom stereocenters. The predicted molar refractivity (Wildman–Crippen MR) is 75.4 cm³/mol. The van der Waals surface area contributed by atoms with Crippen molar-refractivity contribution in [2.24, 2.45) is 4.99 Å². The highest BCUT2D eigenvalue weighted by molar-refractivity contribution is 6.09. The Morgan fingerprint density at radius 3 is 2.86 bits per heavy atom. The summed E-state index contributed by atoms with van der Waals surface area (Å²) in [5, 5.41) is 11.5. The molecule has 0 saturated carbocycles. The van der Waals surface area contributed by atoms with E-state index in [2.05, 4.69) is 10.3 Å². The van der Waals surface area contributed by atoms with Gasteiger partial charge < -0.3 is 15.3 Å². The topological polar surface area (TPSA) is 99.1 Å². The molecule has 0 saturated heterocycles. The molecular formula is C14H17N3O4. The highest BCUT2D eigenvalue weighted by Crippen LogP contribution is 2.28. The Kier molecular flexibility index (Phi) is 3.93. The largest absolute Gasteiger partial charge is 0.480 e. The summed E-state index contributed by atoms with van der Waals surface area (Å²) in [7, 11) is 0. The van der Waals surface area contributed by atoms with Crippen LogP contribution in [0, 0.1) is 0 Å². The lowest BCUT2D eigenvalue weighted by Crippen LogP contribution is -2.61. The van der Waals surface area contributed by atoms with E-state index in [-0.39, 0.29) is 12.8 Å². The Labute approximate surface area is 122 Å². The van der Waals surface area contributed by atoms with Gasteiger partial charge in [0.2, 0.25) is 5.91 Å². The van der Waals surface area contributed by atoms with Crippen LogP contribution in [0.2, 0.25) is 0 Å². The summed E-state index contributed by atoms with van der Waals surface area (Å²) < 4.78 is 0. The first-order valence-electron chi connectivity index (χ1n) is 6.68. The van der Waals surface area contributed by atoms with E-state index in [1.165, 1.54) is 0 Å². The molecule has 2 aliphatic rings. The molecule has 112 valence electrons. The summed E-state index contributed by atoms with van der Waals surface area (Å²) in [5.74, 6) is -1.62. The molecule has 7 nitrogen and oxygen atoms in total. The number of carboxylic acid groups (broad SMARTS) is 1. The number of fused-ring (bicyclic) bond motifs is 1. The van der Waals surface area contributed by atoms with Crippen LogP contribution in [0.4, 0.5) is 0 Å². The van der Waals surface area contributed by atoms with Crippen LogP contribution in [-0.4, -0.2) is 45.2 Å². The van der Waals surface area contributed by atoms with E-state index >= 15 is 0 Å². The minimum absolute atomic E-state index is 0.101. The number of amides is 2. The van der Waals surface area contributed by atoms with Gasteiger partial charge in [0.05, 0.1) is 6.42 Å². The molecule has 2 amide bonds. The van der Waals surface area contributed by atoms with Crippen molar-refractivity contribution < 1.29 is 19.5 Å². The highest BCUT2D eigenvalue weighted by atomic mass is 16.4. The minimum Gasteiger partial charge on any atom is -0.480 e. The van der Waals surface area contributed by atoms with Crippen LogP contribution in [0.5, 0.6) is 0 Å². The van der Waals surface area contributed by atoms with Crippen molar-refractivity contribution in [2.75, 3.05) is 0 Å². The molecule has 0 aromatic carbocycles. The van der Waals surface area contributed by atoms with E-state index in [0.29, 0.717) is 5.84 Å². The molecule has 0 fully saturated rings. The van der Waals surface area contributed by atoms with Crippen molar-refractivity contribution in [3.63, 3.8) is 0 Å². The Balaban J connectivity index is 2.28. The van der Waals surface area contributed by atoms with Crippen molar-refractivity contribution in [2.45, 2.75) is 38.3 Å². The number of nitrogens with one attached hydrogen (secondary N) is 1. The molecule has 0 aliphatic carbocycles. The van der Waals surface area contributed by atoms with Gasteiger partial charge in [0.25, 0.3) is 5.91 Å². The Bertz CT molecular complexity index is 579. The van der Waals surface area contributed by atoms with Crippen LogP contribution in [0.1, 0.15) is 26.7 Å². The molecule has 0 radical (unpaired) electrons. The van der Waals surface area contributed by atoms with E-state index in [9.17, 15) is 14.4 Å². The Morgan fingerprint density at radius 2 is 2.24 bits per heavy atom. The maximum atomic E-state index is 12.5. The molecule has 0 aromatic rings. The van der Waals surface area contributed by atoms with Gasteiger partial charge in [0.15, 0.2) is 0 Å². The molecule has 0 aromatic heterocycles. The number of aliphatic imine (C=N–C) groups is 1. The number of carbonyl (C=O) groups is 3. The van der Waals surface area contributed by atoms with Gasteiger partial charge in [-0.2, -0.15) is 4.99 Å². The van der Waals surface area contributed by atoms with Crippen molar-refractivity contribution in [1.82, 2.24) is 10.2 Å². The number of hydrogen-bond acceptors (Lipinski definition) is 4. The van der Waals surface area contributed by atoms with E-state index in [1.807, 2.05) is 0 Å². The number of rotatable bonds is 4. The highest BCUT2D eigenvalue weighted by Gasteiger charge is 2.45. The average Bonchev–Trinajstić information content (AvgIpc) is 2.43. The quantitative estimate of drug-likeness (QED) is 0.783. The molecule has 2 N–H and O–H groups in total. The second-order valence-corrected chi connectivity index (χ2v) is 5.16. The van der Waals surface area contributed by atoms with Crippen LogP contribution in [0.3, 0.4) is 0 Å². The summed E-state index contributed by atoms with van der Waals surface area (Å²) in [6, 6.07) is -0.976. The lowest BCUT2D eigenvalue weighted by molar-refractivity contribution is -0.144. The maximum absolute atomic E-state index is 12.5. The van der Waals surface area contributed by atoms with Gasteiger partial charge in [0.1, 0.15) is 17.4 Å². The third-order valence-electron chi connectivity index (χ3n) is 3.61. The number of hydrogen-bond donors (Lipinski definition) is 2. The smallest absolute Gasteiger partial charge is 0.326 e. The fourth-order valence-electron chi connectivity index (χ4n) is 2.33. The predicted octanol–water partition coefficient (Wildman–Crippen LogP) is 0.439. The third kappa shape index (κ3) is 2.72. The first kappa shape index (κ1) is 15.0. The average molecular weight is 291 g/mol. The van der Waals surface area contributed by atoms with Crippen molar-refractivity contribution in [1.29, 1.82) is 0 Å². The Hall–Kier alpha value is -2.44. The lowest BCUT2D eigenvalue weighted by atomic mass is 9.90. The zero-order valence-corrected chi connectivity index (χ0v) is 11.9. The zero-order chi connectivity index (χ0) is 15.6. The molecule has 2 rings (SSSR count). The van der Waals surface area contributed by atoms with Crippen LogP contribution in [0.15, 0.2) is 29.4 Å². The van der Waals surface area contributed by atoms with Crippen LogP contribution >= 0.6 is 0 Å². The van der Waals surface area contributed by atoms with E-state index in [4.69, 9.17) is 5.11 Å². The molecular weight excluding hydrogens is 274 g/mol. The van der Waals surface area contributed by atoms with Crippen molar-refractivity contribution >= 4 is 23.6 Å². The fourth-order valence-corrected chi connectivity index (χ4v) is 2.33. The minimum atomic E-state index is -1.18. The van der Waals surface area contributed by atoms with Gasteiger partial charge >= 0.3 is 5.97 Å². The van der Waals surface area contributed by atoms with Gasteiger partial charge in [-0.1, -0.05) is 13.0 Å². The van der Waals surface area contributed by atoms with Gasteiger partial charge in [-0.05, 0) is 25.5 Å². The Morgan fingerprint density at radius 1 is 1.52 bits per heavy atom. The first-order chi connectivity index (χ1) is 9.88. The van der Waals surface area contributed by atoms with E-state index in [1.54, 1.807) is 43.2 Å². The summed E-state index contributed by atoms with van der Waals surface area (Å²) in [5.41, 5.74) is -1.18. The SMILES string of the molecule is CCC(NC(=O)C1(C)CC(=O)N=C2C=CC=CN21)C(=O)O. The summed E-state index contributed by atoms with van der Waals surface area (Å²) in [4.78, 5) is 40.8. The lowest BCUT2D eigenvalue weighted by Gasteiger charge is -2.42. The third-order valence-corrected chi connectivity index (χ3v) is 3.61. The number of nitrogens with zero attached hydrogens (tertiary/aromatic N) is 2. The van der Waals surface area contributed by atoms with Gasteiger partial charge in [-0.25, -0.2) is 4.79 Å². The number of aliphatic carboxylic acids is 1. The number of allylic oxidation sites excluding steroid dienone is 2. The second-order valence-electron chi connectivity index (χ2n) is 5.16. The number of amidine groups is 1. The monoisotopic (exact) mass is 291 g/mol. The summed E-state index contributed by atoms with van der Waals surface area (Å²) >= 11 is 0. The molecule has 2 heterocycles. The van der Waals surface area contributed by atoms with Gasteiger partial charge in [-0.3, -0.25) is 9.59 Å².